The second-order valence-electron chi connectivity index (χ2n) is 4.11. The fourth-order valence-corrected chi connectivity index (χ4v) is 1.32. The molecule has 0 aliphatic rings. The zero-order chi connectivity index (χ0) is 9.47. The summed E-state index contributed by atoms with van der Waals surface area (Å²) in [5.74, 6) is 0. The van der Waals surface area contributed by atoms with E-state index in [9.17, 15) is 0 Å². The number of nitrogens with zero attached hydrogens (tertiary/aromatic N) is 3. The third-order valence-electron chi connectivity index (χ3n) is 2.03. The molecule has 2 heterocycles. The van der Waals surface area contributed by atoms with Crippen LogP contribution >= 0.6 is 0 Å². The number of H-pyrrole nitrogens is 1. The Labute approximate surface area is 76.4 Å². The molecule has 0 aliphatic carbocycles. The number of nitrogens with one attached hydrogen (secondary N) is 1. The summed E-state index contributed by atoms with van der Waals surface area (Å²) in [6.07, 6.45) is 3.43. The van der Waals surface area contributed by atoms with E-state index >= 15 is 0 Å². The molecule has 0 bridgehead atoms. The minimum Gasteiger partial charge on any atom is -0.328 e. The Hall–Kier alpha value is -1.45. The highest BCUT2D eigenvalue weighted by Crippen LogP contribution is 2.25. The molecule has 2 aromatic heterocycles. The van der Waals surface area contributed by atoms with Gasteiger partial charge in [0.25, 0.3) is 0 Å². The molecule has 0 aliphatic heterocycles. The predicted molar refractivity (Wildman–Crippen MR) is 50.4 cm³/mol. The third-order valence-corrected chi connectivity index (χ3v) is 2.03. The van der Waals surface area contributed by atoms with Crippen LogP contribution in [0.1, 0.15) is 26.3 Å². The smallest absolute Gasteiger partial charge is 0.180 e. The molecule has 2 aromatic rings. The number of hydrogen-bond donors (Lipinski definition) is 1. The minimum atomic E-state index is 0.0589. The van der Waals surface area contributed by atoms with Gasteiger partial charge in [-0.2, -0.15) is 5.10 Å². The summed E-state index contributed by atoms with van der Waals surface area (Å²) in [6, 6.07) is 0. The summed E-state index contributed by atoms with van der Waals surface area (Å²) < 4.78 is 0. The SMILES string of the molecule is CC(C)(C)c1cnnc2[nH]cnc12. The topological polar surface area (TPSA) is 54.5 Å². The first-order valence-corrected chi connectivity index (χ1v) is 4.24. The van der Waals surface area contributed by atoms with Gasteiger partial charge in [-0.15, -0.1) is 5.10 Å². The highest BCUT2D eigenvalue weighted by atomic mass is 15.1. The number of rotatable bonds is 0. The standard InChI is InChI=1S/C9H12N4/c1-9(2,3)6-4-12-13-8-7(6)10-5-11-8/h4-5H,1-3H3,(H,10,11,13). The lowest BCUT2D eigenvalue weighted by atomic mass is 9.88. The van der Waals surface area contributed by atoms with Crippen molar-refractivity contribution in [3.63, 3.8) is 0 Å². The minimum absolute atomic E-state index is 0.0589. The van der Waals surface area contributed by atoms with E-state index in [1.54, 1.807) is 12.5 Å². The maximum atomic E-state index is 4.23. The van der Waals surface area contributed by atoms with Gasteiger partial charge >= 0.3 is 0 Å². The molecular formula is C9H12N4. The van der Waals surface area contributed by atoms with Crippen LogP contribution < -0.4 is 0 Å². The van der Waals surface area contributed by atoms with Gasteiger partial charge in [-0.05, 0) is 5.41 Å². The van der Waals surface area contributed by atoms with E-state index in [2.05, 4.69) is 40.9 Å². The molecule has 68 valence electrons. The lowest BCUT2D eigenvalue weighted by Crippen LogP contribution is -2.12. The van der Waals surface area contributed by atoms with Crippen molar-refractivity contribution in [2.45, 2.75) is 26.2 Å². The van der Waals surface area contributed by atoms with Gasteiger partial charge in [-0.1, -0.05) is 20.8 Å². The molecule has 0 unspecified atom stereocenters. The molecule has 0 saturated carbocycles. The molecule has 2 rings (SSSR count). The lowest BCUT2D eigenvalue weighted by molar-refractivity contribution is 0.590. The number of fused-ring (bicyclic) bond motifs is 1. The van der Waals surface area contributed by atoms with Crippen molar-refractivity contribution < 1.29 is 0 Å². The fraction of sp³-hybridized carbons (Fsp3) is 0.444. The zero-order valence-corrected chi connectivity index (χ0v) is 8.00. The van der Waals surface area contributed by atoms with Crippen molar-refractivity contribution in [1.29, 1.82) is 0 Å². The quantitative estimate of drug-likeness (QED) is 0.664. The number of aromatic nitrogens is 4. The van der Waals surface area contributed by atoms with Crippen molar-refractivity contribution in [2.24, 2.45) is 0 Å². The van der Waals surface area contributed by atoms with Crippen LogP contribution in [0, 0.1) is 0 Å². The zero-order valence-electron chi connectivity index (χ0n) is 8.00. The molecule has 4 nitrogen and oxygen atoms in total. The monoisotopic (exact) mass is 176 g/mol. The Morgan fingerprint density at radius 1 is 1.31 bits per heavy atom. The number of imidazole rings is 1. The Bertz CT molecular complexity index is 424. The summed E-state index contributed by atoms with van der Waals surface area (Å²) in [5.41, 5.74) is 2.86. The van der Waals surface area contributed by atoms with E-state index in [1.807, 2.05) is 0 Å². The Balaban J connectivity index is 2.75. The molecule has 0 aromatic carbocycles. The highest BCUT2D eigenvalue weighted by Gasteiger charge is 2.18. The summed E-state index contributed by atoms with van der Waals surface area (Å²) >= 11 is 0. The summed E-state index contributed by atoms with van der Waals surface area (Å²) in [4.78, 5) is 7.17. The van der Waals surface area contributed by atoms with Crippen LogP contribution in [0.3, 0.4) is 0 Å². The molecule has 0 spiro atoms. The van der Waals surface area contributed by atoms with E-state index in [-0.39, 0.29) is 5.41 Å². The average molecular weight is 176 g/mol. The van der Waals surface area contributed by atoms with Crippen LogP contribution in [0.15, 0.2) is 12.5 Å². The van der Waals surface area contributed by atoms with E-state index < -0.39 is 0 Å². The molecule has 0 saturated heterocycles. The molecule has 0 fully saturated rings. The van der Waals surface area contributed by atoms with Gasteiger partial charge in [0.2, 0.25) is 0 Å². The molecular weight excluding hydrogens is 164 g/mol. The fourth-order valence-electron chi connectivity index (χ4n) is 1.32. The van der Waals surface area contributed by atoms with Gasteiger partial charge in [0.1, 0.15) is 5.52 Å². The Morgan fingerprint density at radius 3 is 2.77 bits per heavy atom. The summed E-state index contributed by atoms with van der Waals surface area (Å²) in [5, 5.41) is 7.88. The van der Waals surface area contributed by atoms with Crippen LogP contribution in [-0.4, -0.2) is 20.2 Å². The van der Waals surface area contributed by atoms with Gasteiger partial charge in [-0.25, -0.2) is 4.98 Å². The first kappa shape index (κ1) is 8.16. The number of aromatic amines is 1. The first-order chi connectivity index (χ1) is 6.09. The Morgan fingerprint density at radius 2 is 2.08 bits per heavy atom. The van der Waals surface area contributed by atoms with Gasteiger partial charge < -0.3 is 4.98 Å². The van der Waals surface area contributed by atoms with Gasteiger partial charge in [0.15, 0.2) is 5.65 Å². The van der Waals surface area contributed by atoms with Crippen LogP contribution in [0.5, 0.6) is 0 Å². The maximum Gasteiger partial charge on any atom is 0.180 e. The molecule has 0 amide bonds. The van der Waals surface area contributed by atoms with Crippen molar-refractivity contribution in [3.8, 4) is 0 Å². The average Bonchev–Trinajstić information content (AvgIpc) is 2.48. The second-order valence-corrected chi connectivity index (χ2v) is 4.11. The van der Waals surface area contributed by atoms with Crippen LogP contribution in [0.4, 0.5) is 0 Å². The maximum absolute atomic E-state index is 4.23. The molecule has 1 N–H and O–H groups in total. The van der Waals surface area contributed by atoms with Gasteiger partial charge in [0.05, 0.1) is 12.5 Å². The van der Waals surface area contributed by atoms with Gasteiger partial charge in [0, 0.05) is 5.56 Å². The lowest BCUT2D eigenvalue weighted by Gasteiger charge is -2.17. The van der Waals surface area contributed by atoms with E-state index in [1.165, 1.54) is 0 Å². The normalized spacial score (nSPS) is 12.2. The number of hydrogen-bond acceptors (Lipinski definition) is 3. The van der Waals surface area contributed by atoms with Crippen molar-refractivity contribution in [1.82, 2.24) is 20.2 Å². The van der Waals surface area contributed by atoms with Crippen LogP contribution in [0.25, 0.3) is 11.2 Å². The molecule has 13 heavy (non-hydrogen) atoms. The second kappa shape index (κ2) is 2.52. The summed E-state index contributed by atoms with van der Waals surface area (Å²) in [7, 11) is 0. The van der Waals surface area contributed by atoms with Crippen molar-refractivity contribution in [2.75, 3.05) is 0 Å². The van der Waals surface area contributed by atoms with E-state index in [0.717, 1.165) is 16.7 Å². The third kappa shape index (κ3) is 1.28. The van der Waals surface area contributed by atoms with Crippen LogP contribution in [-0.2, 0) is 5.41 Å². The highest BCUT2D eigenvalue weighted by molar-refractivity contribution is 5.74. The van der Waals surface area contributed by atoms with Crippen molar-refractivity contribution in [3.05, 3.63) is 18.1 Å². The van der Waals surface area contributed by atoms with Gasteiger partial charge in [-0.3, -0.25) is 0 Å². The van der Waals surface area contributed by atoms with Crippen molar-refractivity contribution >= 4 is 11.2 Å². The van der Waals surface area contributed by atoms with Crippen LogP contribution in [0.2, 0.25) is 0 Å². The molecule has 0 atom stereocenters. The first-order valence-electron chi connectivity index (χ1n) is 4.24. The molecule has 0 radical (unpaired) electrons. The summed E-state index contributed by atoms with van der Waals surface area (Å²) in [6.45, 7) is 6.41. The van der Waals surface area contributed by atoms with E-state index in [4.69, 9.17) is 0 Å². The largest absolute Gasteiger partial charge is 0.328 e. The predicted octanol–water partition coefficient (Wildman–Crippen LogP) is 1.65. The van der Waals surface area contributed by atoms with E-state index in [0.29, 0.717) is 0 Å². The Kier molecular flexibility index (Phi) is 1.58. The molecule has 4 heteroatoms.